The lowest BCUT2D eigenvalue weighted by Crippen LogP contribution is -2.48. The third kappa shape index (κ3) is 17.5. The SMILES string of the molecule is CC1=C2N(C=CC2(C2CCCC2)C2CCCC2)C(C(C)(C)C)N1c1ccccc1C.CC1=C2N(C=CC2(c2ccccc2)C2CCCC2)C(C(C)(C)C)N1c1ccccc1C.CC1=C2N(C=CC2(c2ccccc2)C2CCCCC2)C(C(C)(C)C)N1c1ccccc1C.[2H]C1(C)C=CN2C1=C(C)N(c1ccccc1C)C2C(C)(C)C.[2H]C1(C2CCCC2)C=CN2C1=C(C)N(c1ccccc1C)C2C(C)(C)C. The molecule has 0 radical (unpaired) electrons. The Hall–Kier alpha value is -10.1. The number of anilines is 5. The normalized spacial score (nSPS) is 27.6. The van der Waals surface area contributed by atoms with Crippen LogP contribution in [0.5, 0.6) is 0 Å². The molecular weight excluding hydrogens is 1690 g/mol. The number of allylic oxidation sites excluding steroid dienone is 10. The molecule has 139 heavy (non-hydrogen) atoms. The van der Waals surface area contributed by atoms with Gasteiger partial charge in [-0.3, -0.25) is 0 Å². The van der Waals surface area contributed by atoms with E-state index in [9.17, 15) is 1.37 Å². The predicted octanol–water partition coefficient (Wildman–Crippen LogP) is 33.7. The molecule has 10 heterocycles. The van der Waals surface area contributed by atoms with Crippen molar-refractivity contribution in [3.05, 3.63) is 339 Å². The summed E-state index contributed by atoms with van der Waals surface area (Å²) in [6, 6.07) is 66.5. The average molecular weight is 1860 g/mol. The summed E-state index contributed by atoms with van der Waals surface area (Å²) in [4.78, 5) is 25.5. The molecule has 10 nitrogen and oxygen atoms in total. The van der Waals surface area contributed by atoms with E-state index in [1.807, 2.05) is 13.0 Å². The van der Waals surface area contributed by atoms with Crippen LogP contribution in [0.4, 0.5) is 28.4 Å². The van der Waals surface area contributed by atoms with Gasteiger partial charge in [0.25, 0.3) is 0 Å². The summed E-state index contributed by atoms with van der Waals surface area (Å²) in [5.41, 5.74) is 30.6. The molecule has 0 saturated heterocycles. The van der Waals surface area contributed by atoms with Gasteiger partial charge >= 0.3 is 0 Å². The Kier molecular flexibility index (Phi) is 26.8. The third-order valence-electron chi connectivity index (χ3n) is 35.0. The average Bonchev–Trinajstić information content (AvgIpc) is 1.55. The highest BCUT2D eigenvalue weighted by Gasteiger charge is 2.62. The zero-order chi connectivity index (χ0) is 100. The van der Waals surface area contributed by atoms with Gasteiger partial charge in [0.2, 0.25) is 0 Å². The summed E-state index contributed by atoms with van der Waals surface area (Å²) < 4.78 is 18.1. The molecule has 0 aromatic heterocycles. The zero-order valence-corrected chi connectivity index (χ0v) is 90.2. The number of hydrogen-bond donors (Lipinski definition) is 0. The van der Waals surface area contributed by atoms with Crippen LogP contribution >= 0.6 is 0 Å². The van der Waals surface area contributed by atoms with Crippen LogP contribution in [0.1, 0.15) is 322 Å². The highest BCUT2D eigenvalue weighted by Crippen LogP contribution is 2.66. The van der Waals surface area contributed by atoms with Crippen LogP contribution in [-0.4, -0.2) is 55.3 Å². The lowest BCUT2D eigenvalue weighted by Gasteiger charge is -2.43. The molecule has 738 valence electrons. The molecule has 7 aromatic carbocycles. The monoisotopic (exact) mass is 1860 g/mol. The van der Waals surface area contributed by atoms with Gasteiger partial charge in [0.1, 0.15) is 30.8 Å². The first-order valence-electron chi connectivity index (χ1n) is 55.3. The van der Waals surface area contributed by atoms with E-state index in [1.54, 1.807) is 5.70 Å². The first kappa shape index (κ1) is 96.4. The Morgan fingerprint density at radius 2 is 0.518 bits per heavy atom. The van der Waals surface area contributed by atoms with Crippen molar-refractivity contribution in [3.63, 3.8) is 0 Å². The van der Waals surface area contributed by atoms with Gasteiger partial charge in [0.05, 0.1) is 22.2 Å². The molecular formula is C129H172N10. The zero-order valence-electron chi connectivity index (χ0n) is 92.2. The van der Waals surface area contributed by atoms with Gasteiger partial charge in [0.15, 0.2) is 0 Å². The molecule has 5 saturated carbocycles. The van der Waals surface area contributed by atoms with Gasteiger partial charge in [0, 0.05) is 152 Å². The van der Waals surface area contributed by atoms with Crippen LogP contribution in [0.15, 0.2) is 300 Å². The molecule has 0 bridgehead atoms. The minimum Gasteiger partial charge on any atom is -0.328 e. The summed E-state index contributed by atoms with van der Waals surface area (Å²) in [6.45, 7) is 59.9. The van der Waals surface area contributed by atoms with Crippen molar-refractivity contribution in [2.75, 3.05) is 24.5 Å². The molecule has 15 aliphatic rings. The number of nitrogens with zero attached hydrogens (tertiary/aromatic N) is 10. The van der Waals surface area contributed by atoms with Crippen LogP contribution in [0.25, 0.3) is 0 Å². The molecule has 10 aliphatic heterocycles. The molecule has 0 spiro atoms. The molecule has 5 fully saturated rings. The number of benzene rings is 7. The highest BCUT2D eigenvalue weighted by molar-refractivity contribution is 5.70. The van der Waals surface area contributed by atoms with Crippen molar-refractivity contribution in [2.24, 2.45) is 73.9 Å². The van der Waals surface area contributed by atoms with Crippen molar-refractivity contribution in [1.82, 2.24) is 24.5 Å². The first-order valence-corrected chi connectivity index (χ1v) is 54.3. The van der Waals surface area contributed by atoms with E-state index in [0.29, 0.717) is 23.9 Å². The number of para-hydroxylation sites is 5. The van der Waals surface area contributed by atoms with Gasteiger partial charge < -0.3 is 49.0 Å². The fourth-order valence-electron chi connectivity index (χ4n) is 29.3. The minimum atomic E-state index is -0.648. The standard InChI is InChI=1S/C30H38N2.C29H36N2.C28H40N2.C23H32N2.C19H26N2/c1-22-14-12-13-19-26(22)32-23(2)27-30(24-15-8-6-9-16-24,25-17-10-7-11-18-25)20-21-31(27)28(32)29(3,4)5;1-21-13-9-12-18-25(21)31-22(2)26-29(24-16-10-11-17-24,23-14-7-6-8-15-23)19-20-30(26)27(31)28(3,4)5;1-20-12-6-11-17-24(20)30-21(2)25-28(22-13-7-8-14-22,23-15-9-10-16-23)18-19-29(25)26(30)27(3,4)5;1-16-10-6-9-13-20(16)25-17(2)21-19(18-11-7-8-12-18)14-15-24(21)22(25)23(3,4)5;1-13-9-7-8-10-16(13)21-15(3)17-14(2)11-12-20(17)18(21)19(4,5)6/h6,8-9,12-16,19-21,25,28H,7,10-11,17-18H2,1-5H3;6-9,12-15,18-20,24,27H,10-11,16-17H2,1-5H3;6,11-12,17-19,22-23,26H,7-10,13-16H2,1-5H3;6,9-10,13-15,18-19,22H,7-8,11-12H2,1-5H3;7-12,14,18H,1-6H3/i;;;19D;14D. The maximum atomic E-state index is 9.42. The Morgan fingerprint density at radius 1 is 0.259 bits per heavy atom. The fraction of sp³-hybridized carbons (Fsp3) is 0.519. The van der Waals surface area contributed by atoms with Crippen LogP contribution in [0, 0.1) is 108 Å². The molecule has 0 amide bonds. The van der Waals surface area contributed by atoms with Crippen LogP contribution in [0.3, 0.4) is 0 Å². The van der Waals surface area contributed by atoms with Crippen LogP contribution in [-0.2, 0) is 10.8 Å². The largest absolute Gasteiger partial charge is 0.328 e. The summed E-state index contributed by atoms with van der Waals surface area (Å²) in [5, 5.41) is 0. The molecule has 22 rings (SSSR count). The first-order chi connectivity index (χ1) is 67.0. The molecule has 5 aliphatic carbocycles. The Morgan fingerprint density at radius 3 is 0.856 bits per heavy atom. The van der Waals surface area contributed by atoms with Crippen molar-refractivity contribution in [1.29, 1.82) is 0 Å². The van der Waals surface area contributed by atoms with E-state index >= 15 is 0 Å². The van der Waals surface area contributed by atoms with E-state index in [-0.39, 0.29) is 68.0 Å². The maximum absolute atomic E-state index is 9.42. The van der Waals surface area contributed by atoms with E-state index in [0.717, 1.165) is 17.5 Å². The summed E-state index contributed by atoms with van der Waals surface area (Å²) >= 11 is 0. The molecule has 9 unspecified atom stereocenters. The summed E-state index contributed by atoms with van der Waals surface area (Å²) in [7, 11) is 0. The minimum absolute atomic E-state index is 0.0250. The third-order valence-corrected chi connectivity index (χ3v) is 35.0. The Labute approximate surface area is 844 Å². The van der Waals surface area contributed by atoms with Crippen molar-refractivity contribution in [2.45, 2.75) is 357 Å². The second kappa shape index (κ2) is 38.7. The van der Waals surface area contributed by atoms with Gasteiger partial charge in [-0.25, -0.2) is 0 Å². The predicted molar refractivity (Wildman–Crippen MR) is 589 cm³/mol. The van der Waals surface area contributed by atoms with Crippen molar-refractivity contribution in [3.8, 4) is 0 Å². The van der Waals surface area contributed by atoms with Crippen LogP contribution < -0.4 is 24.5 Å². The van der Waals surface area contributed by atoms with E-state index in [1.165, 1.54) is 248 Å². The molecule has 9 atom stereocenters. The quantitative estimate of drug-likeness (QED) is 0.118. The topological polar surface area (TPSA) is 32.4 Å². The Balaban J connectivity index is 0.000000117. The second-order valence-corrected chi connectivity index (χ2v) is 49.6. The van der Waals surface area contributed by atoms with Crippen molar-refractivity contribution >= 4 is 28.4 Å². The summed E-state index contributed by atoms with van der Waals surface area (Å²) in [6.07, 6.45) is 53.2. The van der Waals surface area contributed by atoms with E-state index in [4.69, 9.17) is 1.37 Å². The molecule has 10 heteroatoms. The number of fused-ring (bicyclic) bond motifs is 5. The number of hydrogen-bond acceptors (Lipinski definition) is 10. The van der Waals surface area contributed by atoms with Crippen molar-refractivity contribution < 1.29 is 2.74 Å². The smallest absolute Gasteiger partial charge is 0.115 e. The number of aryl methyl sites for hydroxylation is 5. The van der Waals surface area contributed by atoms with E-state index < -0.39 is 11.8 Å². The lowest BCUT2D eigenvalue weighted by atomic mass is 9.63. The number of rotatable bonds is 12. The van der Waals surface area contributed by atoms with Crippen LogP contribution in [0.2, 0.25) is 0 Å². The molecule has 7 aromatic rings. The highest BCUT2D eigenvalue weighted by atomic mass is 15.5. The lowest BCUT2D eigenvalue weighted by molar-refractivity contribution is 0.134. The van der Waals surface area contributed by atoms with Gasteiger partial charge in [-0.1, -0.05) is 363 Å². The fourth-order valence-corrected chi connectivity index (χ4v) is 29.3. The van der Waals surface area contributed by atoms with Gasteiger partial charge in [-0.05, 0) is 232 Å². The summed E-state index contributed by atoms with van der Waals surface area (Å²) in [5.74, 6) is 2.20. The second-order valence-electron chi connectivity index (χ2n) is 49.6. The van der Waals surface area contributed by atoms with Gasteiger partial charge in [-0.2, -0.15) is 0 Å². The maximum Gasteiger partial charge on any atom is 0.115 e. The van der Waals surface area contributed by atoms with E-state index in [2.05, 4.69) is 459 Å². The Bertz CT molecular complexity index is 6030. The van der Waals surface area contributed by atoms with Gasteiger partial charge in [-0.15, -0.1) is 0 Å². The molecule has 0 N–H and O–H groups in total.